The first-order valence-electron chi connectivity index (χ1n) is 4.73. The lowest BCUT2D eigenvalue weighted by Gasteiger charge is -2.03. The van der Waals surface area contributed by atoms with Crippen molar-refractivity contribution in [2.45, 2.75) is 12.8 Å². The van der Waals surface area contributed by atoms with E-state index in [9.17, 15) is 9.59 Å². The Morgan fingerprint density at radius 3 is 2.88 bits per heavy atom. The topological polar surface area (TPSA) is 55.4 Å². The standard InChI is InChI=1S/C10H12BrNO3S/c1-15-8(13)3-2-5-12-10(14)9-7(11)4-6-16-9/h4,6H,2-3,5H2,1H3,(H,12,14). The predicted molar refractivity (Wildman–Crippen MR) is 65.6 cm³/mol. The number of amides is 1. The van der Waals surface area contributed by atoms with E-state index in [1.807, 2.05) is 11.4 Å². The third-order valence-electron chi connectivity index (χ3n) is 1.89. The maximum atomic E-state index is 11.6. The Morgan fingerprint density at radius 1 is 1.56 bits per heavy atom. The number of methoxy groups -OCH3 is 1. The molecule has 0 spiro atoms. The molecule has 1 aromatic rings. The van der Waals surface area contributed by atoms with E-state index in [1.54, 1.807) is 0 Å². The van der Waals surface area contributed by atoms with Gasteiger partial charge >= 0.3 is 5.97 Å². The fourth-order valence-electron chi connectivity index (χ4n) is 1.07. The molecule has 88 valence electrons. The molecule has 0 aliphatic heterocycles. The van der Waals surface area contributed by atoms with Crippen LogP contribution in [0.15, 0.2) is 15.9 Å². The van der Waals surface area contributed by atoms with Gasteiger partial charge in [-0.15, -0.1) is 11.3 Å². The second kappa shape index (κ2) is 6.65. The monoisotopic (exact) mass is 305 g/mol. The summed E-state index contributed by atoms with van der Waals surface area (Å²) in [4.78, 5) is 23.0. The van der Waals surface area contributed by atoms with Gasteiger partial charge in [0.15, 0.2) is 0 Å². The lowest BCUT2D eigenvalue weighted by atomic mass is 10.3. The van der Waals surface area contributed by atoms with Crippen molar-refractivity contribution in [2.75, 3.05) is 13.7 Å². The fourth-order valence-corrected chi connectivity index (χ4v) is 2.54. The zero-order valence-electron chi connectivity index (χ0n) is 8.79. The van der Waals surface area contributed by atoms with Crippen molar-refractivity contribution < 1.29 is 14.3 Å². The number of carbonyl (C=O) groups excluding carboxylic acids is 2. The second-order valence-electron chi connectivity index (χ2n) is 3.03. The molecule has 0 saturated heterocycles. The molecule has 0 aromatic carbocycles. The summed E-state index contributed by atoms with van der Waals surface area (Å²) < 4.78 is 5.29. The molecule has 1 heterocycles. The first kappa shape index (κ1) is 13.2. The molecule has 4 nitrogen and oxygen atoms in total. The smallest absolute Gasteiger partial charge is 0.305 e. The van der Waals surface area contributed by atoms with E-state index in [4.69, 9.17) is 0 Å². The molecule has 0 radical (unpaired) electrons. The van der Waals surface area contributed by atoms with Crippen LogP contribution >= 0.6 is 27.3 Å². The number of thiophene rings is 1. The van der Waals surface area contributed by atoms with Gasteiger partial charge in [0.05, 0.1) is 7.11 Å². The zero-order chi connectivity index (χ0) is 12.0. The fraction of sp³-hybridized carbons (Fsp3) is 0.400. The number of halogens is 1. The third-order valence-corrected chi connectivity index (χ3v) is 3.73. The van der Waals surface area contributed by atoms with E-state index in [2.05, 4.69) is 26.0 Å². The van der Waals surface area contributed by atoms with Crippen molar-refractivity contribution in [3.63, 3.8) is 0 Å². The lowest BCUT2D eigenvalue weighted by Crippen LogP contribution is -2.24. The van der Waals surface area contributed by atoms with Crippen LogP contribution in [0, 0.1) is 0 Å². The molecule has 1 rings (SSSR count). The maximum Gasteiger partial charge on any atom is 0.305 e. The summed E-state index contributed by atoms with van der Waals surface area (Å²) in [6.07, 6.45) is 0.907. The molecule has 16 heavy (non-hydrogen) atoms. The van der Waals surface area contributed by atoms with Gasteiger partial charge in [0, 0.05) is 17.4 Å². The van der Waals surface area contributed by atoms with Gasteiger partial charge < -0.3 is 10.1 Å². The van der Waals surface area contributed by atoms with E-state index < -0.39 is 0 Å². The Bertz CT molecular complexity index is 378. The first-order valence-corrected chi connectivity index (χ1v) is 6.40. The van der Waals surface area contributed by atoms with Gasteiger partial charge in [0.1, 0.15) is 4.88 Å². The van der Waals surface area contributed by atoms with Crippen LogP contribution in [0.5, 0.6) is 0 Å². The number of nitrogens with one attached hydrogen (secondary N) is 1. The van der Waals surface area contributed by atoms with Gasteiger partial charge in [-0.1, -0.05) is 0 Å². The Balaban J connectivity index is 2.26. The molecule has 0 aliphatic carbocycles. The minimum atomic E-state index is -0.258. The summed E-state index contributed by atoms with van der Waals surface area (Å²) >= 11 is 4.66. The van der Waals surface area contributed by atoms with Gasteiger partial charge in [-0.05, 0) is 33.8 Å². The highest BCUT2D eigenvalue weighted by molar-refractivity contribution is 9.10. The SMILES string of the molecule is COC(=O)CCCNC(=O)c1sccc1Br. The van der Waals surface area contributed by atoms with Crippen LogP contribution in [0.2, 0.25) is 0 Å². The molecule has 1 amide bonds. The van der Waals surface area contributed by atoms with Crippen molar-refractivity contribution in [1.29, 1.82) is 0 Å². The maximum absolute atomic E-state index is 11.6. The molecule has 1 N–H and O–H groups in total. The summed E-state index contributed by atoms with van der Waals surface area (Å²) in [5.74, 6) is -0.377. The minimum absolute atomic E-state index is 0.119. The zero-order valence-corrected chi connectivity index (χ0v) is 11.2. The summed E-state index contributed by atoms with van der Waals surface area (Å²) in [6, 6.07) is 1.83. The summed E-state index contributed by atoms with van der Waals surface area (Å²) in [5.41, 5.74) is 0. The number of esters is 1. The van der Waals surface area contributed by atoms with Crippen LogP contribution in [-0.4, -0.2) is 25.5 Å². The highest BCUT2D eigenvalue weighted by Gasteiger charge is 2.10. The quantitative estimate of drug-likeness (QED) is 0.670. The molecule has 0 saturated carbocycles. The van der Waals surface area contributed by atoms with E-state index >= 15 is 0 Å². The molecule has 0 atom stereocenters. The van der Waals surface area contributed by atoms with Crippen LogP contribution in [0.3, 0.4) is 0 Å². The predicted octanol–water partition coefficient (Wildman–Crippen LogP) is 2.19. The van der Waals surface area contributed by atoms with Gasteiger partial charge in [-0.2, -0.15) is 0 Å². The second-order valence-corrected chi connectivity index (χ2v) is 4.80. The average molecular weight is 306 g/mol. The molecule has 1 aromatic heterocycles. The number of carbonyl (C=O) groups is 2. The highest BCUT2D eigenvalue weighted by Crippen LogP contribution is 2.22. The van der Waals surface area contributed by atoms with Crippen molar-refractivity contribution in [1.82, 2.24) is 5.32 Å². The van der Waals surface area contributed by atoms with Crippen LogP contribution < -0.4 is 5.32 Å². The summed E-state index contributed by atoms with van der Waals surface area (Å²) in [5, 5.41) is 4.58. The van der Waals surface area contributed by atoms with Crippen LogP contribution in [0.25, 0.3) is 0 Å². The summed E-state index contributed by atoms with van der Waals surface area (Å²) in [6.45, 7) is 0.471. The Labute approximate surface area is 106 Å². The number of hydrogen-bond acceptors (Lipinski definition) is 4. The number of rotatable bonds is 5. The largest absolute Gasteiger partial charge is 0.469 e. The van der Waals surface area contributed by atoms with E-state index in [0.29, 0.717) is 24.3 Å². The lowest BCUT2D eigenvalue weighted by molar-refractivity contribution is -0.140. The number of hydrogen-bond donors (Lipinski definition) is 1. The van der Waals surface area contributed by atoms with Crippen molar-refractivity contribution in [3.05, 3.63) is 20.8 Å². The molecular formula is C10H12BrNO3S. The Kier molecular flexibility index (Phi) is 5.48. The van der Waals surface area contributed by atoms with Crippen molar-refractivity contribution >= 4 is 39.1 Å². The van der Waals surface area contributed by atoms with Crippen molar-refractivity contribution in [2.24, 2.45) is 0 Å². The normalized spacial score (nSPS) is 9.88. The van der Waals surface area contributed by atoms with E-state index in [-0.39, 0.29) is 11.9 Å². The Morgan fingerprint density at radius 2 is 2.31 bits per heavy atom. The molecule has 0 fully saturated rings. The van der Waals surface area contributed by atoms with E-state index in [0.717, 1.165) is 4.47 Å². The van der Waals surface area contributed by atoms with Gasteiger partial charge in [-0.25, -0.2) is 0 Å². The Hall–Kier alpha value is -0.880. The average Bonchev–Trinajstić information content (AvgIpc) is 2.70. The molecular weight excluding hydrogens is 294 g/mol. The highest BCUT2D eigenvalue weighted by atomic mass is 79.9. The van der Waals surface area contributed by atoms with Gasteiger partial charge in [0.25, 0.3) is 5.91 Å². The first-order chi connectivity index (χ1) is 7.65. The summed E-state index contributed by atoms with van der Waals surface area (Å²) in [7, 11) is 1.35. The molecule has 0 unspecified atom stereocenters. The minimum Gasteiger partial charge on any atom is -0.469 e. The van der Waals surface area contributed by atoms with Gasteiger partial charge in [0.2, 0.25) is 0 Å². The van der Waals surface area contributed by atoms with E-state index in [1.165, 1.54) is 18.4 Å². The van der Waals surface area contributed by atoms with Crippen LogP contribution in [-0.2, 0) is 9.53 Å². The molecule has 6 heteroatoms. The van der Waals surface area contributed by atoms with Crippen LogP contribution in [0.4, 0.5) is 0 Å². The third kappa shape index (κ3) is 3.94. The van der Waals surface area contributed by atoms with Crippen LogP contribution in [0.1, 0.15) is 22.5 Å². The van der Waals surface area contributed by atoms with Gasteiger partial charge in [-0.3, -0.25) is 9.59 Å². The molecule has 0 aliphatic rings. The van der Waals surface area contributed by atoms with Crippen molar-refractivity contribution in [3.8, 4) is 0 Å². The number of ether oxygens (including phenoxy) is 1. The molecule has 0 bridgehead atoms.